The molecule has 0 bridgehead atoms. The van der Waals surface area contributed by atoms with Crippen LogP contribution in [0.4, 0.5) is 11.4 Å². The third-order valence-electron chi connectivity index (χ3n) is 2.21. The summed E-state index contributed by atoms with van der Waals surface area (Å²) < 4.78 is 23.0. The van der Waals surface area contributed by atoms with Gasteiger partial charge in [0.05, 0.1) is 22.0 Å². The first-order valence-corrected chi connectivity index (χ1v) is 8.35. The van der Waals surface area contributed by atoms with E-state index in [-0.39, 0.29) is 10.6 Å². The summed E-state index contributed by atoms with van der Waals surface area (Å²) in [4.78, 5) is 0.156. The molecule has 18 heavy (non-hydrogen) atoms. The van der Waals surface area contributed by atoms with Crippen molar-refractivity contribution in [2.45, 2.75) is 4.90 Å². The Labute approximate surface area is 112 Å². The molecule has 0 aliphatic rings. The van der Waals surface area contributed by atoms with Gasteiger partial charge in [0.2, 0.25) is 0 Å². The fourth-order valence-corrected chi connectivity index (χ4v) is 2.75. The minimum Gasteiger partial charge on any atom is -0.396 e. The van der Waals surface area contributed by atoms with Crippen molar-refractivity contribution in [3.63, 3.8) is 0 Å². The number of thioether (sulfide) groups is 1. The summed E-state index contributed by atoms with van der Waals surface area (Å²) in [7, 11) is -3.29. The lowest BCUT2D eigenvalue weighted by atomic mass is 10.2. The first kappa shape index (κ1) is 14.7. The predicted molar refractivity (Wildman–Crippen MR) is 78.6 cm³/mol. The van der Waals surface area contributed by atoms with Crippen LogP contribution in [0.1, 0.15) is 0 Å². The zero-order valence-corrected chi connectivity index (χ0v) is 11.8. The molecule has 6 heteroatoms. The van der Waals surface area contributed by atoms with Crippen LogP contribution in [-0.4, -0.2) is 32.7 Å². The second-order valence-corrected chi connectivity index (χ2v) is 6.76. The van der Waals surface area contributed by atoms with E-state index in [9.17, 15) is 8.42 Å². The Morgan fingerprint density at radius 3 is 2.83 bits per heavy atom. The van der Waals surface area contributed by atoms with E-state index in [0.717, 1.165) is 12.0 Å². The summed E-state index contributed by atoms with van der Waals surface area (Å²) in [5.74, 6) is 4.05. The molecular formula is C12H16N2O2S2. The molecule has 0 saturated heterocycles. The van der Waals surface area contributed by atoms with Gasteiger partial charge in [-0.15, -0.1) is 18.2 Å². The molecule has 0 aliphatic carbocycles. The van der Waals surface area contributed by atoms with Gasteiger partial charge in [-0.3, -0.25) is 0 Å². The van der Waals surface area contributed by atoms with Crippen molar-refractivity contribution in [1.29, 1.82) is 0 Å². The summed E-state index contributed by atoms with van der Waals surface area (Å²) in [6.45, 7) is 0.684. The van der Waals surface area contributed by atoms with E-state index in [1.54, 1.807) is 23.9 Å². The first-order chi connectivity index (χ1) is 8.46. The number of nitrogen functional groups attached to an aromatic ring is 1. The van der Waals surface area contributed by atoms with Gasteiger partial charge in [0.25, 0.3) is 0 Å². The highest BCUT2D eigenvalue weighted by Crippen LogP contribution is 2.26. The van der Waals surface area contributed by atoms with Gasteiger partial charge in [0.15, 0.2) is 9.84 Å². The van der Waals surface area contributed by atoms with E-state index < -0.39 is 9.84 Å². The van der Waals surface area contributed by atoms with E-state index in [1.165, 1.54) is 6.07 Å². The molecule has 0 saturated carbocycles. The van der Waals surface area contributed by atoms with Crippen molar-refractivity contribution in [1.82, 2.24) is 0 Å². The second kappa shape index (κ2) is 6.57. The van der Waals surface area contributed by atoms with Crippen LogP contribution in [0.3, 0.4) is 0 Å². The van der Waals surface area contributed by atoms with Gasteiger partial charge in [-0.1, -0.05) is 12.0 Å². The molecule has 1 rings (SSSR count). The average Bonchev–Trinajstić information content (AvgIpc) is 2.29. The Hall–Kier alpha value is -1.32. The summed E-state index contributed by atoms with van der Waals surface area (Å²) in [6.07, 6.45) is 6.28. The van der Waals surface area contributed by atoms with Gasteiger partial charge in [0.1, 0.15) is 0 Å². The van der Waals surface area contributed by atoms with Crippen LogP contribution in [-0.2, 0) is 9.84 Å². The summed E-state index contributed by atoms with van der Waals surface area (Å²) in [5.41, 5.74) is 6.73. The number of sulfone groups is 1. The smallest absolute Gasteiger partial charge is 0.177 e. The second-order valence-electron chi connectivity index (χ2n) is 3.67. The molecule has 0 aromatic heterocycles. The molecule has 0 radical (unpaired) electrons. The molecule has 0 fully saturated rings. The molecule has 1 aromatic carbocycles. The van der Waals surface area contributed by atoms with Gasteiger partial charge >= 0.3 is 0 Å². The van der Waals surface area contributed by atoms with Crippen molar-refractivity contribution in [3.8, 4) is 12.3 Å². The van der Waals surface area contributed by atoms with Gasteiger partial charge in [0, 0.05) is 18.6 Å². The van der Waals surface area contributed by atoms with Crippen LogP contribution < -0.4 is 11.1 Å². The number of benzene rings is 1. The molecule has 0 aliphatic heterocycles. The number of anilines is 2. The minimum atomic E-state index is -3.29. The quantitative estimate of drug-likeness (QED) is 0.470. The van der Waals surface area contributed by atoms with Crippen LogP contribution in [0.5, 0.6) is 0 Å². The third-order valence-corrected chi connectivity index (χ3v) is 4.23. The van der Waals surface area contributed by atoms with Gasteiger partial charge in [-0.05, 0) is 12.1 Å². The van der Waals surface area contributed by atoms with Crippen molar-refractivity contribution < 1.29 is 8.42 Å². The maximum absolute atomic E-state index is 11.5. The maximum Gasteiger partial charge on any atom is 0.177 e. The minimum absolute atomic E-state index is 0.156. The van der Waals surface area contributed by atoms with Gasteiger partial charge in [-0.2, -0.15) is 0 Å². The van der Waals surface area contributed by atoms with Crippen LogP contribution in [0, 0.1) is 12.3 Å². The lowest BCUT2D eigenvalue weighted by Crippen LogP contribution is -2.09. The Bertz CT molecular complexity index is 548. The van der Waals surface area contributed by atoms with Crippen LogP contribution in [0.2, 0.25) is 0 Å². The topological polar surface area (TPSA) is 72.2 Å². The molecule has 1 aromatic rings. The standard InChI is InChI=1S/C12H16N2O2S2/c1-3-8-17-9-7-14-10-5-4-6-11(12(10)13)18(2,15)16/h1,4-6,14H,7-9,13H2,2H3. The first-order valence-electron chi connectivity index (χ1n) is 5.30. The van der Waals surface area contributed by atoms with Crippen LogP contribution in [0.25, 0.3) is 0 Å². The van der Waals surface area contributed by atoms with Crippen molar-refractivity contribution in [2.24, 2.45) is 0 Å². The molecule has 0 atom stereocenters. The highest BCUT2D eigenvalue weighted by atomic mass is 32.2. The number of hydrogen-bond donors (Lipinski definition) is 2. The van der Waals surface area contributed by atoms with Crippen molar-refractivity contribution in [2.75, 3.05) is 35.4 Å². The number of terminal acetylenes is 1. The molecule has 0 amide bonds. The highest BCUT2D eigenvalue weighted by Gasteiger charge is 2.13. The summed E-state index contributed by atoms with van der Waals surface area (Å²) in [5, 5.41) is 3.11. The highest BCUT2D eigenvalue weighted by molar-refractivity contribution is 7.99. The zero-order valence-electron chi connectivity index (χ0n) is 10.1. The zero-order chi connectivity index (χ0) is 13.6. The lowest BCUT2D eigenvalue weighted by Gasteiger charge is -2.11. The predicted octanol–water partition coefficient (Wildman–Crippen LogP) is 1.45. The Morgan fingerprint density at radius 1 is 1.50 bits per heavy atom. The normalized spacial score (nSPS) is 10.9. The number of hydrogen-bond acceptors (Lipinski definition) is 5. The fraction of sp³-hybridized carbons (Fsp3) is 0.333. The molecule has 3 N–H and O–H groups in total. The SMILES string of the molecule is C#CCSCCNc1cccc(S(C)(=O)=O)c1N. The fourth-order valence-electron chi connectivity index (χ4n) is 1.41. The van der Waals surface area contributed by atoms with Crippen LogP contribution in [0.15, 0.2) is 23.1 Å². The van der Waals surface area contributed by atoms with Gasteiger partial charge in [-0.25, -0.2) is 8.42 Å². The Morgan fingerprint density at radius 2 is 2.22 bits per heavy atom. The largest absolute Gasteiger partial charge is 0.396 e. The molecule has 0 spiro atoms. The average molecular weight is 284 g/mol. The lowest BCUT2D eigenvalue weighted by molar-refractivity contribution is 0.602. The van der Waals surface area contributed by atoms with E-state index in [2.05, 4.69) is 11.2 Å². The Kier molecular flexibility index (Phi) is 5.38. The van der Waals surface area contributed by atoms with Crippen molar-refractivity contribution >= 4 is 33.0 Å². The van der Waals surface area contributed by atoms with E-state index in [1.807, 2.05) is 0 Å². The molecular weight excluding hydrogens is 268 g/mol. The maximum atomic E-state index is 11.5. The van der Waals surface area contributed by atoms with E-state index in [0.29, 0.717) is 18.0 Å². The number of nitrogens with two attached hydrogens (primary N) is 1. The number of nitrogens with one attached hydrogen (secondary N) is 1. The number of para-hydroxylation sites is 1. The molecule has 0 heterocycles. The molecule has 98 valence electrons. The van der Waals surface area contributed by atoms with Gasteiger partial charge < -0.3 is 11.1 Å². The van der Waals surface area contributed by atoms with E-state index in [4.69, 9.17) is 12.2 Å². The summed E-state index contributed by atoms with van der Waals surface area (Å²) >= 11 is 1.63. The van der Waals surface area contributed by atoms with Crippen LogP contribution >= 0.6 is 11.8 Å². The van der Waals surface area contributed by atoms with E-state index >= 15 is 0 Å². The van der Waals surface area contributed by atoms with Crippen molar-refractivity contribution in [3.05, 3.63) is 18.2 Å². The Balaban J connectivity index is 2.71. The monoisotopic (exact) mass is 284 g/mol. The molecule has 0 unspecified atom stereocenters. The number of rotatable bonds is 6. The summed E-state index contributed by atoms with van der Waals surface area (Å²) in [6, 6.07) is 4.93. The third kappa shape index (κ3) is 4.17. The molecule has 4 nitrogen and oxygen atoms in total.